The summed E-state index contributed by atoms with van der Waals surface area (Å²) >= 11 is 5.77. The fraction of sp³-hybridized carbons (Fsp3) is 0.211. The summed E-state index contributed by atoms with van der Waals surface area (Å²) < 4.78 is 55.7. The van der Waals surface area contributed by atoms with Crippen molar-refractivity contribution in [1.82, 2.24) is 0 Å². The lowest BCUT2D eigenvalue weighted by Gasteiger charge is -2.11. The van der Waals surface area contributed by atoms with Gasteiger partial charge in [0.05, 0.1) is 22.7 Å². The summed E-state index contributed by atoms with van der Waals surface area (Å²) in [5, 5.41) is 4.47. The van der Waals surface area contributed by atoms with Gasteiger partial charge in [-0.25, -0.2) is 4.39 Å². The molecule has 2 rings (SSSR count). The maximum atomic E-state index is 12.8. The monoisotopic (exact) mass is 446 g/mol. The van der Waals surface area contributed by atoms with E-state index in [2.05, 4.69) is 10.6 Å². The summed E-state index contributed by atoms with van der Waals surface area (Å²) in [5.74, 6) is -2.78. The van der Waals surface area contributed by atoms with Crippen LogP contribution in [0.4, 0.5) is 28.9 Å². The van der Waals surface area contributed by atoms with Gasteiger partial charge in [0.15, 0.2) is 6.61 Å². The van der Waals surface area contributed by atoms with Crippen molar-refractivity contribution in [3.05, 3.63) is 58.9 Å². The molecule has 0 aliphatic rings. The second-order valence-electron chi connectivity index (χ2n) is 5.96. The predicted octanol–water partition coefficient (Wildman–Crippen LogP) is 4.40. The Morgan fingerprint density at radius 3 is 2.23 bits per heavy atom. The van der Waals surface area contributed by atoms with E-state index in [-0.39, 0.29) is 10.7 Å². The van der Waals surface area contributed by atoms with E-state index in [9.17, 15) is 31.9 Å². The standard InChI is InChI=1S/C19H15ClF4N2O4/c20-14-6-1-11(19(22,23)24)9-15(14)26-16(27)7-8-18(29)30-10-17(28)25-13-4-2-12(21)3-5-13/h1-6,9H,7-8,10H2,(H,25,28)(H,26,27). The van der Waals surface area contributed by atoms with Crippen molar-refractivity contribution in [3.63, 3.8) is 0 Å². The lowest BCUT2D eigenvalue weighted by Crippen LogP contribution is -2.21. The molecule has 2 aromatic rings. The Morgan fingerprint density at radius 1 is 0.933 bits per heavy atom. The average Bonchev–Trinajstić information content (AvgIpc) is 2.67. The minimum Gasteiger partial charge on any atom is -0.456 e. The summed E-state index contributed by atoms with van der Waals surface area (Å²) in [5.41, 5.74) is -0.938. The first-order valence-electron chi connectivity index (χ1n) is 8.42. The molecule has 0 aliphatic carbocycles. The van der Waals surface area contributed by atoms with Crippen molar-refractivity contribution < 1.29 is 36.7 Å². The van der Waals surface area contributed by atoms with E-state index in [1.54, 1.807) is 0 Å². The molecule has 0 aromatic heterocycles. The quantitative estimate of drug-likeness (QED) is 0.488. The second-order valence-corrected chi connectivity index (χ2v) is 6.36. The molecule has 0 radical (unpaired) electrons. The zero-order chi connectivity index (χ0) is 22.3. The average molecular weight is 447 g/mol. The number of ether oxygens (including phenoxy) is 1. The minimum atomic E-state index is -4.61. The van der Waals surface area contributed by atoms with Crippen LogP contribution in [0.15, 0.2) is 42.5 Å². The number of benzene rings is 2. The van der Waals surface area contributed by atoms with E-state index < -0.39 is 54.8 Å². The first-order valence-corrected chi connectivity index (χ1v) is 8.80. The maximum Gasteiger partial charge on any atom is 0.416 e. The van der Waals surface area contributed by atoms with Crippen molar-refractivity contribution in [1.29, 1.82) is 0 Å². The van der Waals surface area contributed by atoms with Gasteiger partial charge in [-0.05, 0) is 42.5 Å². The molecular formula is C19H15ClF4N2O4. The van der Waals surface area contributed by atoms with Crippen molar-refractivity contribution in [2.24, 2.45) is 0 Å². The molecule has 0 spiro atoms. The molecule has 0 aliphatic heterocycles. The Labute approximate surface area is 173 Å². The van der Waals surface area contributed by atoms with Gasteiger partial charge in [0.1, 0.15) is 5.82 Å². The molecule has 30 heavy (non-hydrogen) atoms. The van der Waals surface area contributed by atoms with E-state index in [1.807, 2.05) is 0 Å². The van der Waals surface area contributed by atoms with Crippen LogP contribution in [-0.2, 0) is 25.3 Å². The van der Waals surface area contributed by atoms with Crippen LogP contribution >= 0.6 is 11.6 Å². The highest BCUT2D eigenvalue weighted by Crippen LogP contribution is 2.33. The Morgan fingerprint density at radius 2 is 1.60 bits per heavy atom. The second kappa shape index (κ2) is 10.1. The van der Waals surface area contributed by atoms with Gasteiger partial charge in [-0.15, -0.1) is 0 Å². The highest BCUT2D eigenvalue weighted by Gasteiger charge is 2.31. The Balaban J connectivity index is 1.77. The lowest BCUT2D eigenvalue weighted by atomic mass is 10.2. The number of halogens is 5. The van der Waals surface area contributed by atoms with Gasteiger partial charge < -0.3 is 15.4 Å². The number of rotatable bonds is 7. The first-order chi connectivity index (χ1) is 14.0. The van der Waals surface area contributed by atoms with Gasteiger partial charge in [0, 0.05) is 12.1 Å². The molecule has 0 atom stereocenters. The smallest absolute Gasteiger partial charge is 0.416 e. The highest BCUT2D eigenvalue weighted by molar-refractivity contribution is 6.33. The number of hydrogen-bond acceptors (Lipinski definition) is 4. The van der Waals surface area contributed by atoms with Gasteiger partial charge in [0.2, 0.25) is 5.91 Å². The molecule has 11 heteroatoms. The summed E-state index contributed by atoms with van der Waals surface area (Å²) in [7, 11) is 0. The van der Waals surface area contributed by atoms with Gasteiger partial charge in [-0.1, -0.05) is 11.6 Å². The van der Waals surface area contributed by atoms with Crippen LogP contribution in [0, 0.1) is 5.82 Å². The number of anilines is 2. The molecule has 6 nitrogen and oxygen atoms in total. The van der Waals surface area contributed by atoms with E-state index in [0.717, 1.165) is 24.3 Å². The Hall–Kier alpha value is -3.14. The van der Waals surface area contributed by atoms with Crippen LogP contribution in [0.3, 0.4) is 0 Å². The van der Waals surface area contributed by atoms with Crippen LogP contribution in [-0.4, -0.2) is 24.4 Å². The van der Waals surface area contributed by atoms with Crippen molar-refractivity contribution in [3.8, 4) is 0 Å². The Kier molecular flexibility index (Phi) is 7.76. The van der Waals surface area contributed by atoms with Crippen LogP contribution in [0.1, 0.15) is 18.4 Å². The Bertz CT molecular complexity index is 933. The molecule has 0 saturated heterocycles. The maximum absolute atomic E-state index is 12.8. The minimum absolute atomic E-state index is 0.101. The number of carbonyl (C=O) groups excluding carboxylic acids is 3. The normalized spacial score (nSPS) is 11.0. The van der Waals surface area contributed by atoms with Crippen LogP contribution < -0.4 is 10.6 Å². The van der Waals surface area contributed by atoms with Crippen molar-refractivity contribution >= 4 is 40.8 Å². The summed E-state index contributed by atoms with van der Waals surface area (Å²) in [6, 6.07) is 7.35. The molecule has 160 valence electrons. The van der Waals surface area contributed by atoms with E-state index in [1.165, 1.54) is 12.1 Å². The van der Waals surface area contributed by atoms with E-state index in [0.29, 0.717) is 11.8 Å². The topological polar surface area (TPSA) is 84.5 Å². The molecule has 0 bridgehead atoms. The number of amides is 2. The zero-order valence-corrected chi connectivity index (χ0v) is 15.9. The molecule has 0 fully saturated rings. The third kappa shape index (κ3) is 7.36. The summed E-state index contributed by atoms with van der Waals surface area (Å²) in [6.45, 7) is -0.628. The molecule has 0 unspecified atom stereocenters. The molecule has 2 aromatic carbocycles. The SMILES string of the molecule is O=C(COC(=O)CCC(=O)Nc1cc(C(F)(F)F)ccc1Cl)Nc1ccc(F)cc1. The number of carbonyl (C=O) groups is 3. The highest BCUT2D eigenvalue weighted by atomic mass is 35.5. The number of alkyl halides is 3. The van der Waals surface area contributed by atoms with Gasteiger partial charge in [0.25, 0.3) is 5.91 Å². The number of esters is 1. The van der Waals surface area contributed by atoms with Crippen molar-refractivity contribution in [2.45, 2.75) is 19.0 Å². The molecule has 2 N–H and O–H groups in total. The van der Waals surface area contributed by atoms with Crippen LogP contribution in [0.2, 0.25) is 5.02 Å². The largest absolute Gasteiger partial charge is 0.456 e. The van der Waals surface area contributed by atoms with E-state index in [4.69, 9.17) is 16.3 Å². The number of nitrogens with one attached hydrogen (secondary N) is 2. The van der Waals surface area contributed by atoms with Crippen molar-refractivity contribution in [2.75, 3.05) is 17.2 Å². The summed E-state index contributed by atoms with van der Waals surface area (Å²) in [6.07, 6.45) is -5.42. The van der Waals surface area contributed by atoms with Gasteiger partial charge >= 0.3 is 12.1 Å². The molecular weight excluding hydrogens is 432 g/mol. The molecule has 2 amide bonds. The lowest BCUT2D eigenvalue weighted by molar-refractivity contribution is -0.147. The third-order valence-electron chi connectivity index (χ3n) is 3.62. The number of hydrogen-bond donors (Lipinski definition) is 2. The first kappa shape index (κ1) is 23.1. The zero-order valence-electron chi connectivity index (χ0n) is 15.2. The van der Waals surface area contributed by atoms with Crippen LogP contribution in [0.25, 0.3) is 0 Å². The summed E-state index contributed by atoms with van der Waals surface area (Å²) in [4.78, 5) is 35.2. The fourth-order valence-electron chi connectivity index (χ4n) is 2.17. The fourth-order valence-corrected chi connectivity index (χ4v) is 2.34. The molecule has 0 saturated carbocycles. The van der Waals surface area contributed by atoms with Crippen LogP contribution in [0.5, 0.6) is 0 Å². The van der Waals surface area contributed by atoms with Gasteiger partial charge in [-0.2, -0.15) is 13.2 Å². The van der Waals surface area contributed by atoms with E-state index >= 15 is 0 Å². The third-order valence-corrected chi connectivity index (χ3v) is 3.95. The van der Waals surface area contributed by atoms with Gasteiger partial charge in [-0.3, -0.25) is 14.4 Å². The predicted molar refractivity (Wildman–Crippen MR) is 100 cm³/mol. The molecule has 0 heterocycles.